The van der Waals surface area contributed by atoms with Gasteiger partial charge in [0.1, 0.15) is 55.4 Å². The summed E-state index contributed by atoms with van der Waals surface area (Å²) in [7, 11) is 0. The monoisotopic (exact) mass is 1000 g/mol. The Balaban J connectivity index is 1.77. The van der Waals surface area contributed by atoms with Crippen molar-refractivity contribution >= 4 is 11.9 Å². The summed E-state index contributed by atoms with van der Waals surface area (Å²) < 4.78 is 33.6. The molecule has 0 bridgehead atoms. The topological polar surface area (TPSA) is 231 Å². The van der Waals surface area contributed by atoms with Gasteiger partial charge in [0.05, 0.1) is 19.8 Å². The zero-order chi connectivity index (χ0) is 51.0. The third-order valence-electron chi connectivity index (χ3n) is 13.5. The zero-order valence-corrected chi connectivity index (χ0v) is 43.5. The molecule has 11 atom stereocenters. The smallest absolute Gasteiger partial charge is 0.306 e. The number of ether oxygens (including phenoxy) is 6. The van der Waals surface area contributed by atoms with Gasteiger partial charge in [-0.3, -0.25) is 9.59 Å². The molecule has 0 radical (unpaired) electrons. The number of aliphatic hydroxyl groups excluding tert-OH is 7. The van der Waals surface area contributed by atoms with Gasteiger partial charge in [0, 0.05) is 12.8 Å². The van der Waals surface area contributed by atoms with Crippen LogP contribution >= 0.6 is 0 Å². The van der Waals surface area contributed by atoms with Gasteiger partial charge in [-0.15, -0.1) is 0 Å². The molecule has 2 heterocycles. The van der Waals surface area contributed by atoms with Gasteiger partial charge in [0.25, 0.3) is 0 Å². The van der Waals surface area contributed by atoms with Crippen molar-refractivity contribution in [1.82, 2.24) is 0 Å². The van der Waals surface area contributed by atoms with Crippen LogP contribution in [0.4, 0.5) is 0 Å². The fourth-order valence-electron chi connectivity index (χ4n) is 8.86. The van der Waals surface area contributed by atoms with Crippen LogP contribution in [0.25, 0.3) is 0 Å². The molecule has 2 saturated heterocycles. The highest BCUT2D eigenvalue weighted by Gasteiger charge is 2.47. The lowest BCUT2D eigenvalue weighted by atomic mass is 9.98. The summed E-state index contributed by atoms with van der Waals surface area (Å²) >= 11 is 0. The van der Waals surface area contributed by atoms with Crippen LogP contribution < -0.4 is 0 Å². The van der Waals surface area contributed by atoms with Gasteiger partial charge >= 0.3 is 11.9 Å². The Bertz CT molecular complexity index is 1310. The molecule has 70 heavy (non-hydrogen) atoms. The lowest BCUT2D eigenvalue weighted by Gasteiger charge is -2.42. The van der Waals surface area contributed by atoms with E-state index in [1.165, 1.54) is 122 Å². The third kappa shape index (κ3) is 29.6. The van der Waals surface area contributed by atoms with E-state index < -0.39 is 92.7 Å². The van der Waals surface area contributed by atoms with E-state index in [0.29, 0.717) is 12.8 Å². The summed E-state index contributed by atoms with van der Waals surface area (Å²) in [6, 6.07) is 0. The molecule has 0 aromatic rings. The van der Waals surface area contributed by atoms with Crippen molar-refractivity contribution in [2.45, 2.75) is 287 Å². The van der Waals surface area contributed by atoms with E-state index in [1.807, 2.05) is 0 Å². The van der Waals surface area contributed by atoms with Gasteiger partial charge in [-0.2, -0.15) is 0 Å². The van der Waals surface area contributed by atoms with Crippen LogP contribution in [0.3, 0.4) is 0 Å². The Hall–Kier alpha value is -2.02. The lowest BCUT2D eigenvalue weighted by molar-refractivity contribution is -0.332. The van der Waals surface area contributed by atoms with Gasteiger partial charge in [0.2, 0.25) is 0 Å². The molecular formula is C55H100O15. The standard InChI is InChI=1S/C55H100O15/c1-3-5-7-9-11-13-15-17-19-20-21-22-24-25-27-29-31-33-35-37-46(57)65-40-43(68-47(58)38-36-34-32-30-28-26-23-18-16-14-12-10-8-6-4-2)41-66-54-53(64)51(62)49(60)45(70-54)42-67-55-52(63)50(61)48(59)44(39-56)69-55/h14,16,18,23,43-45,48-56,59-64H,3-13,15,17,19-22,24-42H2,1-2H3/b16-14+,23-18+/t43-,44+,45+,48-,49-,50?,51?,52?,53?,54+,55+/m0/s1. The van der Waals surface area contributed by atoms with Crippen LogP contribution in [0, 0.1) is 0 Å². The maximum Gasteiger partial charge on any atom is 0.306 e. The molecule has 0 saturated carbocycles. The molecule has 0 aliphatic carbocycles. The van der Waals surface area contributed by atoms with Crippen LogP contribution in [0.15, 0.2) is 24.3 Å². The lowest BCUT2D eigenvalue weighted by Crippen LogP contribution is -2.61. The summed E-state index contributed by atoms with van der Waals surface area (Å²) in [4.78, 5) is 25.8. The highest BCUT2D eigenvalue weighted by Crippen LogP contribution is 2.27. The highest BCUT2D eigenvalue weighted by atomic mass is 16.7. The van der Waals surface area contributed by atoms with Crippen molar-refractivity contribution in [3.63, 3.8) is 0 Å². The fourth-order valence-corrected chi connectivity index (χ4v) is 8.86. The molecule has 2 aliphatic rings. The Morgan fingerprint density at radius 3 is 1.31 bits per heavy atom. The molecule has 0 aromatic carbocycles. The molecule has 4 unspecified atom stereocenters. The van der Waals surface area contributed by atoms with E-state index >= 15 is 0 Å². The predicted octanol–water partition coefficient (Wildman–Crippen LogP) is 8.72. The average molecular weight is 1000 g/mol. The molecular weight excluding hydrogens is 901 g/mol. The third-order valence-corrected chi connectivity index (χ3v) is 13.5. The second-order valence-corrected chi connectivity index (χ2v) is 19.8. The minimum Gasteiger partial charge on any atom is -0.462 e. The van der Waals surface area contributed by atoms with Gasteiger partial charge in [0.15, 0.2) is 18.7 Å². The Labute approximate surface area is 422 Å². The number of aliphatic hydroxyl groups is 7. The first-order valence-electron chi connectivity index (χ1n) is 27.9. The molecule has 2 fully saturated rings. The van der Waals surface area contributed by atoms with Gasteiger partial charge in [-0.1, -0.05) is 192 Å². The number of unbranched alkanes of at least 4 members (excludes halogenated alkanes) is 27. The summed E-state index contributed by atoms with van der Waals surface area (Å²) in [5, 5.41) is 72.2. The number of allylic oxidation sites excluding steroid dienone is 4. The summed E-state index contributed by atoms with van der Waals surface area (Å²) in [5.74, 6) is -0.932. The first kappa shape index (κ1) is 64.1. The zero-order valence-electron chi connectivity index (χ0n) is 43.5. The molecule has 0 aromatic heterocycles. The first-order chi connectivity index (χ1) is 34.0. The number of rotatable bonds is 44. The van der Waals surface area contributed by atoms with Crippen LogP contribution in [0.1, 0.15) is 219 Å². The Kier molecular flexibility index (Phi) is 38.8. The van der Waals surface area contributed by atoms with Crippen molar-refractivity contribution in [1.29, 1.82) is 0 Å². The Morgan fingerprint density at radius 2 is 0.843 bits per heavy atom. The maximum absolute atomic E-state index is 13.0. The van der Waals surface area contributed by atoms with Gasteiger partial charge < -0.3 is 64.2 Å². The molecule has 2 aliphatic heterocycles. The van der Waals surface area contributed by atoms with E-state index in [9.17, 15) is 45.3 Å². The molecule has 410 valence electrons. The number of carbonyl (C=O) groups is 2. The second-order valence-electron chi connectivity index (χ2n) is 19.8. The second kappa shape index (κ2) is 42.3. The van der Waals surface area contributed by atoms with Crippen molar-refractivity contribution < 1.29 is 73.8 Å². The van der Waals surface area contributed by atoms with E-state index in [0.717, 1.165) is 57.8 Å². The van der Waals surface area contributed by atoms with Crippen LogP contribution in [-0.4, -0.2) is 142 Å². The fraction of sp³-hybridized carbons (Fsp3) is 0.891. The normalized spacial score (nSPS) is 25.5. The van der Waals surface area contributed by atoms with Crippen LogP contribution in [0.2, 0.25) is 0 Å². The quantitative estimate of drug-likeness (QED) is 0.0172. The number of esters is 2. The van der Waals surface area contributed by atoms with Gasteiger partial charge in [-0.05, 0) is 38.5 Å². The van der Waals surface area contributed by atoms with Crippen molar-refractivity contribution in [3.8, 4) is 0 Å². The number of hydrogen-bond acceptors (Lipinski definition) is 15. The van der Waals surface area contributed by atoms with E-state index in [-0.39, 0.29) is 26.1 Å². The summed E-state index contributed by atoms with van der Waals surface area (Å²) in [6.07, 6.45) is 27.7. The largest absolute Gasteiger partial charge is 0.462 e. The minimum absolute atomic E-state index is 0.150. The highest BCUT2D eigenvalue weighted by molar-refractivity contribution is 5.70. The van der Waals surface area contributed by atoms with Crippen molar-refractivity contribution in [3.05, 3.63) is 24.3 Å². The van der Waals surface area contributed by atoms with E-state index in [2.05, 4.69) is 38.2 Å². The van der Waals surface area contributed by atoms with Crippen molar-refractivity contribution in [2.75, 3.05) is 26.4 Å². The van der Waals surface area contributed by atoms with Crippen LogP contribution in [-0.2, 0) is 38.0 Å². The number of carbonyl (C=O) groups excluding carboxylic acids is 2. The maximum atomic E-state index is 13.0. The molecule has 15 heteroatoms. The molecule has 15 nitrogen and oxygen atoms in total. The summed E-state index contributed by atoms with van der Waals surface area (Å²) in [6.45, 7) is 2.59. The molecule has 0 amide bonds. The summed E-state index contributed by atoms with van der Waals surface area (Å²) in [5.41, 5.74) is 0. The van der Waals surface area contributed by atoms with E-state index in [1.54, 1.807) is 0 Å². The van der Waals surface area contributed by atoms with Gasteiger partial charge in [-0.25, -0.2) is 0 Å². The average Bonchev–Trinajstić information content (AvgIpc) is 3.35. The van der Waals surface area contributed by atoms with Crippen molar-refractivity contribution in [2.24, 2.45) is 0 Å². The SMILES string of the molecule is CCCCCC/C=C/C=C/CCCCCCCC(=O)O[C@@H](COC(=O)CCCCCCCCCCCCCCCCCCCCC)CO[C@@H]1O[C@H](CO[C@@H]2O[C@H](CO)[C@H](O)C(O)C2O)[C@H](O)C(O)C1O. The minimum atomic E-state index is -1.77. The first-order valence-corrected chi connectivity index (χ1v) is 27.9. The van der Waals surface area contributed by atoms with Crippen LogP contribution in [0.5, 0.6) is 0 Å². The predicted molar refractivity (Wildman–Crippen MR) is 271 cm³/mol. The Morgan fingerprint density at radius 1 is 0.457 bits per heavy atom. The molecule has 7 N–H and O–H groups in total. The molecule has 2 rings (SSSR count). The van der Waals surface area contributed by atoms with E-state index in [4.69, 9.17) is 28.4 Å². The molecule has 0 spiro atoms. The number of hydrogen-bond donors (Lipinski definition) is 7.